The van der Waals surface area contributed by atoms with E-state index in [0.717, 1.165) is 5.56 Å². The summed E-state index contributed by atoms with van der Waals surface area (Å²) in [7, 11) is 0. The summed E-state index contributed by atoms with van der Waals surface area (Å²) in [4.78, 5) is 22.6. The van der Waals surface area contributed by atoms with Gasteiger partial charge in [-0.2, -0.15) is 0 Å². The number of rotatable bonds is 5. The van der Waals surface area contributed by atoms with Gasteiger partial charge in [0.1, 0.15) is 6.04 Å². The van der Waals surface area contributed by atoms with E-state index < -0.39 is 18.0 Å². The van der Waals surface area contributed by atoms with E-state index in [-0.39, 0.29) is 0 Å². The van der Waals surface area contributed by atoms with E-state index in [4.69, 9.17) is 16.7 Å². The number of amides is 2. The van der Waals surface area contributed by atoms with Gasteiger partial charge >= 0.3 is 12.0 Å². The van der Waals surface area contributed by atoms with Gasteiger partial charge in [-0.05, 0) is 31.0 Å². The van der Waals surface area contributed by atoms with Gasteiger partial charge in [0, 0.05) is 10.7 Å². The topological polar surface area (TPSA) is 78.4 Å². The second-order valence-corrected chi connectivity index (χ2v) is 4.65. The Kier molecular flexibility index (Phi) is 5.63. The molecule has 0 radical (unpaired) electrons. The largest absolute Gasteiger partial charge is 0.480 e. The molecule has 19 heavy (non-hydrogen) atoms. The summed E-state index contributed by atoms with van der Waals surface area (Å²) < 4.78 is 0. The Labute approximate surface area is 117 Å². The van der Waals surface area contributed by atoms with Crippen molar-refractivity contribution in [2.45, 2.75) is 32.7 Å². The minimum atomic E-state index is -1.04. The number of carboxylic acids is 1. The molecule has 0 aliphatic rings. The third-order valence-electron chi connectivity index (χ3n) is 2.61. The van der Waals surface area contributed by atoms with Crippen LogP contribution in [-0.2, 0) is 4.79 Å². The minimum absolute atomic E-state index is 0.386. The number of hydrogen-bond acceptors (Lipinski definition) is 2. The molecule has 1 rings (SSSR count). The number of benzene rings is 1. The van der Waals surface area contributed by atoms with E-state index in [9.17, 15) is 9.59 Å². The Morgan fingerprint density at radius 2 is 2.11 bits per heavy atom. The fourth-order valence-corrected chi connectivity index (χ4v) is 1.72. The first-order chi connectivity index (χ1) is 8.93. The van der Waals surface area contributed by atoms with Crippen LogP contribution in [0.5, 0.6) is 0 Å². The number of hydrogen-bond donors (Lipinski definition) is 3. The predicted molar refractivity (Wildman–Crippen MR) is 74.7 cm³/mol. The number of carbonyl (C=O) groups is 2. The summed E-state index contributed by atoms with van der Waals surface area (Å²) >= 11 is 5.94. The summed E-state index contributed by atoms with van der Waals surface area (Å²) in [5.74, 6) is -1.04. The third-order valence-corrected chi connectivity index (χ3v) is 3.02. The van der Waals surface area contributed by atoms with Gasteiger partial charge in [-0.15, -0.1) is 0 Å². The van der Waals surface area contributed by atoms with Crippen molar-refractivity contribution < 1.29 is 14.7 Å². The van der Waals surface area contributed by atoms with E-state index >= 15 is 0 Å². The third kappa shape index (κ3) is 4.79. The first-order valence-corrected chi connectivity index (χ1v) is 6.38. The molecule has 0 heterocycles. The van der Waals surface area contributed by atoms with Gasteiger partial charge in [0.15, 0.2) is 0 Å². The van der Waals surface area contributed by atoms with Crippen LogP contribution in [0.1, 0.15) is 25.3 Å². The predicted octanol–water partition coefficient (Wildman–Crippen LogP) is 3.02. The van der Waals surface area contributed by atoms with Crippen molar-refractivity contribution in [3.63, 3.8) is 0 Å². The van der Waals surface area contributed by atoms with Crippen molar-refractivity contribution in [2.75, 3.05) is 5.32 Å². The molecule has 2 amide bonds. The first-order valence-electron chi connectivity index (χ1n) is 6.00. The highest BCUT2D eigenvalue weighted by atomic mass is 35.5. The Morgan fingerprint density at radius 1 is 1.42 bits per heavy atom. The SMILES string of the molecule is CCC[C@@H](NC(=O)Nc1ccc(C)c(Cl)c1)C(=O)O. The highest BCUT2D eigenvalue weighted by molar-refractivity contribution is 6.31. The standard InChI is InChI=1S/C13H17ClN2O3/c1-3-4-11(12(17)18)16-13(19)15-9-6-5-8(2)10(14)7-9/h5-7,11H,3-4H2,1-2H3,(H,17,18)(H2,15,16,19)/t11-/m1/s1. The number of nitrogens with one attached hydrogen (secondary N) is 2. The molecule has 0 saturated carbocycles. The monoisotopic (exact) mass is 284 g/mol. The lowest BCUT2D eigenvalue weighted by molar-refractivity contribution is -0.139. The number of urea groups is 1. The molecule has 0 saturated heterocycles. The zero-order chi connectivity index (χ0) is 14.4. The lowest BCUT2D eigenvalue weighted by atomic mass is 10.2. The van der Waals surface area contributed by atoms with E-state index in [2.05, 4.69) is 10.6 Å². The van der Waals surface area contributed by atoms with E-state index in [0.29, 0.717) is 23.6 Å². The van der Waals surface area contributed by atoms with Crippen LogP contribution < -0.4 is 10.6 Å². The molecule has 104 valence electrons. The molecule has 0 aromatic heterocycles. The van der Waals surface area contributed by atoms with Crippen LogP contribution >= 0.6 is 11.6 Å². The molecule has 5 nitrogen and oxygen atoms in total. The number of halogens is 1. The van der Waals surface area contributed by atoms with Gasteiger partial charge in [0.2, 0.25) is 0 Å². The van der Waals surface area contributed by atoms with Gasteiger partial charge in [0.05, 0.1) is 0 Å². The van der Waals surface area contributed by atoms with Crippen LogP contribution in [0.4, 0.5) is 10.5 Å². The smallest absolute Gasteiger partial charge is 0.326 e. The maximum absolute atomic E-state index is 11.7. The molecule has 0 aliphatic heterocycles. The number of anilines is 1. The van der Waals surface area contributed by atoms with Gasteiger partial charge in [0.25, 0.3) is 0 Å². The molecule has 1 aromatic rings. The van der Waals surface area contributed by atoms with E-state index in [1.165, 1.54) is 0 Å². The molecule has 0 bridgehead atoms. The summed E-state index contributed by atoms with van der Waals surface area (Å²) in [5, 5.41) is 14.4. The van der Waals surface area contributed by atoms with Crippen molar-refractivity contribution in [3.8, 4) is 0 Å². The molecule has 0 spiro atoms. The van der Waals surface area contributed by atoms with Gasteiger partial charge < -0.3 is 15.7 Å². The molecule has 0 fully saturated rings. The van der Waals surface area contributed by atoms with Crippen LogP contribution in [-0.4, -0.2) is 23.1 Å². The molecule has 3 N–H and O–H groups in total. The Balaban J connectivity index is 2.63. The van der Waals surface area contributed by atoms with Crippen molar-refractivity contribution in [3.05, 3.63) is 28.8 Å². The van der Waals surface area contributed by atoms with Gasteiger partial charge in [-0.25, -0.2) is 9.59 Å². The van der Waals surface area contributed by atoms with Crippen molar-refractivity contribution >= 4 is 29.3 Å². The quantitative estimate of drug-likeness (QED) is 0.777. The summed E-state index contributed by atoms with van der Waals surface area (Å²) in [6, 6.07) is 3.66. The summed E-state index contributed by atoms with van der Waals surface area (Å²) in [6.45, 7) is 3.71. The van der Waals surface area contributed by atoms with Crippen LogP contribution in [0.2, 0.25) is 5.02 Å². The number of carboxylic acid groups (broad SMARTS) is 1. The second-order valence-electron chi connectivity index (χ2n) is 4.24. The summed E-state index contributed by atoms with van der Waals surface area (Å²) in [5.41, 5.74) is 1.43. The highest BCUT2D eigenvalue weighted by Gasteiger charge is 2.18. The van der Waals surface area contributed by atoms with Crippen LogP contribution in [0, 0.1) is 6.92 Å². The Bertz CT molecular complexity index is 477. The molecule has 6 heteroatoms. The van der Waals surface area contributed by atoms with Gasteiger partial charge in [-0.1, -0.05) is 31.0 Å². The van der Waals surface area contributed by atoms with E-state index in [1.807, 2.05) is 13.8 Å². The summed E-state index contributed by atoms with van der Waals surface area (Å²) in [6.07, 6.45) is 1.06. The Hall–Kier alpha value is -1.75. The molecular weight excluding hydrogens is 268 g/mol. The molecule has 1 aromatic carbocycles. The molecular formula is C13H17ClN2O3. The fourth-order valence-electron chi connectivity index (χ4n) is 1.54. The fraction of sp³-hybridized carbons (Fsp3) is 0.385. The average molecular weight is 285 g/mol. The van der Waals surface area contributed by atoms with Gasteiger partial charge in [-0.3, -0.25) is 0 Å². The first kappa shape index (κ1) is 15.3. The van der Waals surface area contributed by atoms with Crippen molar-refractivity contribution in [1.29, 1.82) is 0 Å². The molecule has 0 aliphatic carbocycles. The number of aryl methyl sites for hydroxylation is 1. The van der Waals surface area contributed by atoms with E-state index in [1.54, 1.807) is 18.2 Å². The average Bonchev–Trinajstić information content (AvgIpc) is 2.33. The zero-order valence-corrected chi connectivity index (χ0v) is 11.6. The Morgan fingerprint density at radius 3 is 2.63 bits per heavy atom. The highest BCUT2D eigenvalue weighted by Crippen LogP contribution is 2.19. The minimum Gasteiger partial charge on any atom is -0.480 e. The molecule has 0 unspecified atom stereocenters. The lowest BCUT2D eigenvalue weighted by Gasteiger charge is -2.14. The molecule has 1 atom stereocenters. The van der Waals surface area contributed by atoms with Crippen LogP contribution in [0.15, 0.2) is 18.2 Å². The lowest BCUT2D eigenvalue weighted by Crippen LogP contribution is -2.42. The normalized spacial score (nSPS) is 11.7. The van der Waals surface area contributed by atoms with Crippen molar-refractivity contribution in [2.24, 2.45) is 0 Å². The maximum atomic E-state index is 11.7. The number of aliphatic carboxylic acids is 1. The van der Waals surface area contributed by atoms with Crippen molar-refractivity contribution in [1.82, 2.24) is 5.32 Å². The zero-order valence-electron chi connectivity index (χ0n) is 10.9. The van der Waals surface area contributed by atoms with Crippen LogP contribution in [0.3, 0.4) is 0 Å². The maximum Gasteiger partial charge on any atom is 0.326 e. The van der Waals surface area contributed by atoms with Crippen LogP contribution in [0.25, 0.3) is 0 Å². The second kappa shape index (κ2) is 6.99. The number of carbonyl (C=O) groups excluding carboxylic acids is 1.